The summed E-state index contributed by atoms with van der Waals surface area (Å²) in [6.45, 7) is 4.72. The first kappa shape index (κ1) is 53.6. The number of hydrogen-bond donors (Lipinski definition) is 0. The minimum Gasteiger partial charge on any atom is -0.744 e. The number of allylic oxidation sites excluding steroid dienone is 4. The van der Waals surface area contributed by atoms with Crippen molar-refractivity contribution in [2.24, 2.45) is 0 Å². The van der Waals surface area contributed by atoms with E-state index >= 15 is 0 Å². The number of unbranched alkanes of at least 4 members (excludes halogenated alkanes) is 26. The molecule has 0 saturated carbocycles. The van der Waals surface area contributed by atoms with E-state index in [0.717, 1.165) is 57.1 Å². The molecule has 0 aliphatic heterocycles. The summed E-state index contributed by atoms with van der Waals surface area (Å²) < 4.78 is 45.8. The number of esters is 2. The van der Waals surface area contributed by atoms with E-state index in [1.807, 2.05) is 0 Å². The Bertz CT molecular complexity index is 1240. The molecule has 0 unspecified atom stereocenters. The van der Waals surface area contributed by atoms with Crippen molar-refractivity contribution in [1.29, 1.82) is 0 Å². The first-order chi connectivity index (χ1) is 26.3. The molecule has 0 saturated heterocycles. The van der Waals surface area contributed by atoms with Crippen molar-refractivity contribution < 1.29 is 61.6 Å². The Labute approximate surface area is 359 Å². The zero-order valence-corrected chi connectivity index (χ0v) is 38.3. The summed E-state index contributed by atoms with van der Waals surface area (Å²) in [5.74, 6) is -1.54. The maximum atomic E-state index is 12.9. The molecule has 9 heteroatoms. The van der Waals surface area contributed by atoms with Crippen molar-refractivity contribution >= 4 is 22.1 Å². The summed E-state index contributed by atoms with van der Waals surface area (Å²) in [5.41, 5.74) is -0.336. The van der Waals surface area contributed by atoms with Gasteiger partial charge in [0.1, 0.15) is 10.1 Å². The van der Waals surface area contributed by atoms with Crippen LogP contribution in [0.1, 0.15) is 227 Å². The van der Waals surface area contributed by atoms with Gasteiger partial charge in [0.2, 0.25) is 0 Å². The zero-order valence-electron chi connectivity index (χ0n) is 35.4. The average molecular weight is 797 g/mol. The van der Waals surface area contributed by atoms with Crippen LogP contribution in [0.4, 0.5) is 0 Å². The minimum atomic E-state index is -4.81. The number of carbonyl (C=O) groups is 2. The summed E-state index contributed by atoms with van der Waals surface area (Å²) in [6.07, 6.45) is 45.1. The van der Waals surface area contributed by atoms with Gasteiger partial charge in [0.05, 0.1) is 29.2 Å². The molecule has 0 bridgehead atoms. The van der Waals surface area contributed by atoms with Gasteiger partial charge in [-0.1, -0.05) is 179 Å². The Balaban J connectivity index is 0.0000292. The molecule has 7 nitrogen and oxygen atoms in total. The Morgan fingerprint density at radius 3 is 1.13 bits per heavy atom. The van der Waals surface area contributed by atoms with E-state index in [9.17, 15) is 22.6 Å². The van der Waals surface area contributed by atoms with Crippen LogP contribution in [-0.4, -0.2) is 38.1 Å². The van der Waals surface area contributed by atoms with Gasteiger partial charge in [-0.3, -0.25) is 0 Å². The second-order valence-corrected chi connectivity index (χ2v) is 16.3. The molecule has 0 N–H and O–H groups in total. The summed E-state index contributed by atoms with van der Waals surface area (Å²) in [4.78, 5) is 25.2. The maximum absolute atomic E-state index is 12.9. The van der Waals surface area contributed by atoms with Crippen molar-refractivity contribution in [2.75, 3.05) is 13.2 Å². The van der Waals surface area contributed by atoms with E-state index in [2.05, 4.69) is 38.2 Å². The SMILES string of the molecule is CC/C=C/CCCCCCCCCCCCCCCOC(=O)c1ccc(S(=O)(=O)[O-])cc1C(=O)OCCCCCCCCCCCCCCC/C=C/CC.[Na+]. The monoisotopic (exact) mass is 797 g/mol. The maximum Gasteiger partial charge on any atom is 1.00 e. The molecule has 0 heterocycles. The minimum absolute atomic E-state index is 0. The van der Waals surface area contributed by atoms with E-state index < -0.39 is 27.0 Å². The standard InChI is InChI=1S/C46H78O7S.Na/c1-3-5-7-9-11-13-15-17-19-21-23-25-27-29-31-33-35-39-52-45(47)43-38-37-42(54(49,50)51)41-44(43)46(48)53-40-36-34-32-30-28-26-24-22-20-18-16-14-12-10-8-6-4-2;/h5-8,37-38,41H,3-4,9-36,39-40H2,1-2H3,(H,49,50,51);/q;+1/p-1/b7-5+,8-6+;. The van der Waals surface area contributed by atoms with Crippen LogP contribution < -0.4 is 29.6 Å². The summed E-state index contributed by atoms with van der Waals surface area (Å²) >= 11 is 0. The quantitative estimate of drug-likeness (QED) is 0.0217. The fourth-order valence-corrected chi connectivity index (χ4v) is 7.19. The van der Waals surface area contributed by atoms with Crippen LogP contribution >= 0.6 is 0 Å². The Kier molecular flexibility index (Phi) is 37.1. The topological polar surface area (TPSA) is 110 Å². The number of ether oxygens (including phenoxy) is 2. The van der Waals surface area contributed by atoms with Gasteiger partial charge in [-0.25, -0.2) is 18.0 Å². The van der Waals surface area contributed by atoms with Crippen LogP contribution in [0.15, 0.2) is 47.4 Å². The summed E-state index contributed by atoms with van der Waals surface area (Å²) in [5, 5.41) is 0. The van der Waals surface area contributed by atoms with Gasteiger partial charge in [0.15, 0.2) is 0 Å². The van der Waals surface area contributed by atoms with Gasteiger partial charge < -0.3 is 14.0 Å². The van der Waals surface area contributed by atoms with E-state index in [0.29, 0.717) is 12.8 Å². The first-order valence-corrected chi connectivity index (χ1v) is 23.5. The third-order valence-corrected chi connectivity index (χ3v) is 10.9. The smallest absolute Gasteiger partial charge is 0.744 e. The third kappa shape index (κ3) is 31.3. The molecular weight excluding hydrogens is 720 g/mol. The van der Waals surface area contributed by atoms with E-state index in [4.69, 9.17) is 9.47 Å². The molecular formula is C46H77NaO7S. The Hall–Kier alpha value is -1.45. The largest absolute Gasteiger partial charge is 1.00 e. The number of hydrogen-bond acceptors (Lipinski definition) is 7. The van der Waals surface area contributed by atoms with Crippen molar-refractivity contribution in [3.05, 3.63) is 53.6 Å². The van der Waals surface area contributed by atoms with Crippen LogP contribution in [0.25, 0.3) is 0 Å². The molecule has 0 fully saturated rings. The van der Waals surface area contributed by atoms with Gasteiger partial charge in [-0.05, 0) is 69.6 Å². The molecule has 0 aliphatic carbocycles. The van der Waals surface area contributed by atoms with Crippen molar-refractivity contribution in [3.63, 3.8) is 0 Å². The van der Waals surface area contributed by atoms with Crippen molar-refractivity contribution in [1.82, 2.24) is 0 Å². The summed E-state index contributed by atoms with van der Waals surface area (Å²) in [6, 6.07) is 3.14. The fraction of sp³-hybridized carbons (Fsp3) is 0.739. The second-order valence-electron chi connectivity index (χ2n) is 15.0. The molecule has 0 radical (unpaired) electrons. The second kappa shape index (κ2) is 38.1. The van der Waals surface area contributed by atoms with Crippen LogP contribution in [0.2, 0.25) is 0 Å². The molecule has 1 aromatic rings. The molecule has 0 spiro atoms. The Morgan fingerprint density at radius 1 is 0.491 bits per heavy atom. The third-order valence-electron chi connectivity index (χ3n) is 10.0. The number of carbonyl (C=O) groups excluding carboxylic acids is 2. The van der Waals surface area contributed by atoms with Crippen LogP contribution in [-0.2, 0) is 19.6 Å². The van der Waals surface area contributed by atoms with E-state index in [1.54, 1.807) is 0 Å². The van der Waals surface area contributed by atoms with E-state index in [-0.39, 0.29) is 53.9 Å². The molecule has 55 heavy (non-hydrogen) atoms. The van der Waals surface area contributed by atoms with Crippen molar-refractivity contribution in [2.45, 2.75) is 211 Å². The molecule has 0 aromatic heterocycles. The molecule has 0 amide bonds. The van der Waals surface area contributed by atoms with Crippen LogP contribution in [0.5, 0.6) is 0 Å². The number of benzene rings is 1. The van der Waals surface area contributed by atoms with Gasteiger partial charge in [-0.2, -0.15) is 0 Å². The predicted molar refractivity (Wildman–Crippen MR) is 223 cm³/mol. The molecule has 1 rings (SSSR count). The van der Waals surface area contributed by atoms with Crippen LogP contribution in [0.3, 0.4) is 0 Å². The number of rotatable bonds is 37. The van der Waals surface area contributed by atoms with E-state index in [1.165, 1.54) is 141 Å². The molecule has 0 aliphatic rings. The summed E-state index contributed by atoms with van der Waals surface area (Å²) in [7, 11) is -4.81. The van der Waals surface area contributed by atoms with Gasteiger partial charge >= 0.3 is 41.5 Å². The predicted octanol–water partition coefficient (Wildman–Crippen LogP) is 10.8. The molecule has 310 valence electrons. The zero-order chi connectivity index (χ0) is 39.4. The fourth-order valence-electron chi connectivity index (χ4n) is 6.70. The molecule has 0 atom stereocenters. The van der Waals surface area contributed by atoms with Gasteiger partial charge in [0.25, 0.3) is 0 Å². The van der Waals surface area contributed by atoms with Gasteiger partial charge in [-0.15, -0.1) is 0 Å². The average Bonchev–Trinajstić information content (AvgIpc) is 3.16. The van der Waals surface area contributed by atoms with Crippen LogP contribution in [0, 0.1) is 0 Å². The Morgan fingerprint density at radius 2 is 0.800 bits per heavy atom. The normalized spacial score (nSPS) is 11.7. The first-order valence-electron chi connectivity index (χ1n) is 22.0. The van der Waals surface area contributed by atoms with Gasteiger partial charge in [0, 0.05) is 0 Å². The molecule has 1 aromatic carbocycles. The van der Waals surface area contributed by atoms with Crippen molar-refractivity contribution in [3.8, 4) is 0 Å².